The molecule has 0 N–H and O–H groups in total. The molecule has 0 amide bonds. The van der Waals surface area contributed by atoms with Crippen molar-refractivity contribution in [1.82, 2.24) is 0 Å². The third kappa shape index (κ3) is 40.0. The van der Waals surface area contributed by atoms with Gasteiger partial charge in [0.2, 0.25) is 11.4 Å². The van der Waals surface area contributed by atoms with E-state index in [0.717, 1.165) is 54.6 Å². The zero-order chi connectivity index (χ0) is 55.2. The third-order valence-electron chi connectivity index (χ3n) is 16.6. The second kappa shape index (κ2) is 54.6. The van der Waals surface area contributed by atoms with Crippen molar-refractivity contribution in [3.63, 3.8) is 0 Å². The molecule has 2 nitrogen and oxygen atoms in total. The van der Waals surface area contributed by atoms with Crippen LogP contribution in [0.15, 0.2) is 60.2 Å². The van der Waals surface area contributed by atoms with Crippen LogP contribution in [0.3, 0.4) is 0 Å². The average molecular weight is 1110 g/mol. The van der Waals surface area contributed by atoms with Gasteiger partial charge >= 0.3 is 166 Å². The molecule has 1 heterocycles. The number of hydrogen-bond donors (Lipinski definition) is 0. The van der Waals surface area contributed by atoms with E-state index in [9.17, 15) is 5.53 Å². The van der Waals surface area contributed by atoms with Gasteiger partial charge in [0, 0.05) is 22.8 Å². The zero-order valence-electron chi connectivity index (χ0n) is 52.4. The number of allylic oxidation sites excluding steroid dienone is 2. The molecule has 2 aromatic carbocycles. The molecule has 0 saturated carbocycles. The van der Waals surface area contributed by atoms with Gasteiger partial charge in [-0.05, 0) is 73.9 Å². The van der Waals surface area contributed by atoms with E-state index in [4.69, 9.17) is 0 Å². The van der Waals surface area contributed by atoms with E-state index in [1.807, 2.05) is 14.4 Å². The Labute approximate surface area is 488 Å². The first-order chi connectivity index (χ1) is 38.1. The predicted octanol–water partition coefficient (Wildman–Crippen LogP) is 26.7. The number of unbranched alkanes of at least 4 members (excludes halogenated alkanes) is 43. The van der Waals surface area contributed by atoms with Crippen molar-refractivity contribution < 1.29 is 19.1 Å². The number of benzene rings is 2. The third-order valence-corrected chi connectivity index (χ3v) is 18.0. The van der Waals surface area contributed by atoms with Crippen LogP contribution in [0.25, 0.3) is 16.9 Å². The fourth-order valence-corrected chi connectivity index (χ4v) is 12.7. The Hall–Kier alpha value is -1.99. The molecule has 0 bridgehead atoms. The molecule has 0 spiro atoms. The minimum absolute atomic E-state index is 0.903. The van der Waals surface area contributed by atoms with E-state index in [1.54, 1.807) is 0 Å². The van der Waals surface area contributed by atoms with Gasteiger partial charge in [0.05, 0.1) is 0 Å². The summed E-state index contributed by atoms with van der Waals surface area (Å²) in [6.45, 7) is 11.4. The van der Waals surface area contributed by atoms with Gasteiger partial charge < -0.3 is 5.53 Å². The molecule has 0 fully saturated rings. The molecular weight excluding hydrogens is 976 g/mol. The minimum Gasteiger partial charge on any atom is -0.493 e. The van der Waals surface area contributed by atoms with Gasteiger partial charge in [-0.2, -0.15) is 0 Å². The molecule has 0 aromatic heterocycles. The molecule has 0 radical (unpaired) electrons. The van der Waals surface area contributed by atoms with Gasteiger partial charge in [-0.1, -0.05) is 207 Å². The first-order valence-electron chi connectivity index (χ1n) is 34.7. The molecule has 0 saturated heterocycles. The van der Waals surface area contributed by atoms with Crippen molar-refractivity contribution in [2.45, 2.75) is 373 Å². The van der Waals surface area contributed by atoms with E-state index in [2.05, 4.69) is 89.2 Å². The summed E-state index contributed by atoms with van der Waals surface area (Å²) in [4.78, 5) is 0. The molecule has 3 rings (SSSR count). The average Bonchev–Trinajstić information content (AvgIpc) is 3.80. The van der Waals surface area contributed by atoms with E-state index in [1.165, 1.54) is 328 Å². The smallest absolute Gasteiger partial charge is 0.493 e. The summed E-state index contributed by atoms with van der Waals surface area (Å²) < 4.78 is 1.45. The Morgan fingerprint density at radius 3 is 0.961 bits per heavy atom. The summed E-state index contributed by atoms with van der Waals surface area (Å²) in [6, 6.07) is 17.6. The Balaban J connectivity index is 0.000000539. The van der Waals surface area contributed by atoms with Crippen LogP contribution in [0.5, 0.6) is 0 Å². The number of hydrogen-bond acceptors (Lipinski definition) is 0. The van der Waals surface area contributed by atoms with Gasteiger partial charge in [-0.3, -0.25) is 0 Å². The fraction of sp³-hybridized carbons (Fsp3) is 0.784. The number of nitrogens with zero attached hydrogens (tertiary/aromatic N) is 2. The summed E-state index contributed by atoms with van der Waals surface area (Å²) >= 11 is 2.05. The van der Waals surface area contributed by atoms with Gasteiger partial charge in [0.1, 0.15) is 0 Å². The van der Waals surface area contributed by atoms with Crippen molar-refractivity contribution in [2.24, 2.45) is 0 Å². The van der Waals surface area contributed by atoms with Crippen molar-refractivity contribution in [3.05, 3.63) is 88.0 Å². The standard InChI is InChI=1S/C32H44N2.2C21H43.Ni/c1-4-7-10-11-12-13-17-27-19-15-22-29(24-27)32-30(20-9-6-3)25-31(34(32)33)28-21-14-18-26(23-28)16-8-5-2;2*1-3-5-7-9-11-13-15-17-19-21-20-18-16-14-12-10-8-6-4-2;/h14-15,18-19,21-25H,4-13,16-17,20H2,1-3H3;2*1,3-21H2,2H3;. The molecule has 0 aliphatic carbocycles. The van der Waals surface area contributed by atoms with Crippen molar-refractivity contribution in [2.75, 3.05) is 0 Å². The molecule has 0 unspecified atom stereocenters. The second-order valence-corrected chi connectivity index (χ2v) is 25.5. The molecule has 77 heavy (non-hydrogen) atoms. The summed E-state index contributed by atoms with van der Waals surface area (Å²) in [7, 11) is 0. The van der Waals surface area contributed by atoms with Gasteiger partial charge in [0.15, 0.2) is 0 Å². The molecule has 1 aliphatic rings. The van der Waals surface area contributed by atoms with E-state index < -0.39 is 0 Å². The Bertz CT molecular complexity index is 1630. The summed E-state index contributed by atoms with van der Waals surface area (Å²) in [6.07, 6.45) is 74.2. The molecular formula is C74H130N2Ni. The van der Waals surface area contributed by atoms with E-state index in [-0.39, 0.29) is 0 Å². The topological polar surface area (TPSA) is 25.3 Å². The van der Waals surface area contributed by atoms with Crippen LogP contribution in [0.2, 0.25) is 10.8 Å². The number of rotatable bonds is 55. The Morgan fingerprint density at radius 1 is 0.312 bits per heavy atom. The van der Waals surface area contributed by atoms with Crippen LogP contribution in [-0.2, 0) is 27.3 Å². The van der Waals surface area contributed by atoms with Crippen LogP contribution in [0.1, 0.15) is 371 Å². The minimum atomic E-state index is 0.903. The molecule has 0 atom stereocenters. The molecule has 446 valence electrons. The maximum absolute atomic E-state index is 11.4. The van der Waals surface area contributed by atoms with Crippen LogP contribution < -0.4 is 0 Å². The van der Waals surface area contributed by atoms with Crippen molar-refractivity contribution in [3.8, 4) is 0 Å². The Morgan fingerprint density at radius 2 is 0.597 bits per heavy atom. The van der Waals surface area contributed by atoms with E-state index in [0.29, 0.717) is 0 Å². The summed E-state index contributed by atoms with van der Waals surface area (Å²) in [5, 5.41) is 2.87. The quantitative estimate of drug-likeness (QED) is 0.0358. The van der Waals surface area contributed by atoms with Crippen LogP contribution in [0, 0.1) is 0 Å². The monoisotopic (exact) mass is 1100 g/mol. The van der Waals surface area contributed by atoms with E-state index >= 15 is 0 Å². The van der Waals surface area contributed by atoms with Gasteiger partial charge in [-0.15, -0.1) is 0 Å². The fourth-order valence-electron chi connectivity index (χ4n) is 11.4. The number of aryl methyl sites for hydroxylation is 2. The molecule has 1 aliphatic heterocycles. The predicted molar refractivity (Wildman–Crippen MR) is 343 cm³/mol. The molecule has 2 aromatic rings. The maximum atomic E-state index is 11.4. The molecule has 3 heteroatoms. The van der Waals surface area contributed by atoms with Crippen LogP contribution in [-0.4, -0.2) is 4.70 Å². The SMILES string of the molecule is CCCCCCCCCCCCCCCCCCCC[CH2][Ni][CH2]CCCCCCCCCCCCCCCCCCCC.CCCCCCCCc1cccc(C2=C(CCCC)C=C(c3cccc(CCCC)c3)[N+]2=[N-])c1. The summed E-state index contributed by atoms with van der Waals surface area (Å²) in [5.41, 5.74) is 19.5. The Kier molecular flexibility index (Phi) is 50.4. The first kappa shape index (κ1) is 71.1. The van der Waals surface area contributed by atoms with Gasteiger partial charge in [-0.25, -0.2) is 4.70 Å². The zero-order valence-corrected chi connectivity index (χ0v) is 53.4. The normalized spacial score (nSPS) is 12.5. The van der Waals surface area contributed by atoms with Crippen LogP contribution >= 0.6 is 0 Å². The van der Waals surface area contributed by atoms with Gasteiger partial charge in [0.25, 0.3) is 0 Å². The van der Waals surface area contributed by atoms with Crippen molar-refractivity contribution >= 4 is 11.4 Å². The van der Waals surface area contributed by atoms with Crippen LogP contribution in [0.4, 0.5) is 0 Å². The second-order valence-electron chi connectivity index (χ2n) is 24.0. The summed E-state index contributed by atoms with van der Waals surface area (Å²) in [5.74, 6) is 0. The first-order valence-corrected chi connectivity index (χ1v) is 36.1. The van der Waals surface area contributed by atoms with Crippen molar-refractivity contribution in [1.29, 1.82) is 0 Å².